The van der Waals surface area contributed by atoms with Gasteiger partial charge in [-0.1, -0.05) is 61.8 Å². The molecule has 0 aliphatic heterocycles. The average molecular weight is 304 g/mol. The predicted molar refractivity (Wildman–Crippen MR) is 90.1 cm³/mol. The fourth-order valence-electron chi connectivity index (χ4n) is 3.01. The highest BCUT2D eigenvalue weighted by Crippen LogP contribution is 2.28. The zero-order chi connectivity index (χ0) is 15.3. The van der Waals surface area contributed by atoms with Crippen LogP contribution in [0.25, 0.3) is 0 Å². The summed E-state index contributed by atoms with van der Waals surface area (Å²) in [5.74, 6) is -0.461. The van der Waals surface area contributed by atoms with Gasteiger partial charge in [0.15, 0.2) is 0 Å². The van der Waals surface area contributed by atoms with E-state index in [1.807, 2.05) is 30.3 Å². The Hall–Kier alpha value is -1.42. The summed E-state index contributed by atoms with van der Waals surface area (Å²) < 4.78 is 0. The molecule has 1 atom stereocenters. The molecule has 1 unspecified atom stereocenters. The summed E-state index contributed by atoms with van der Waals surface area (Å²) in [5.41, 5.74) is 6.78. The van der Waals surface area contributed by atoms with Crippen molar-refractivity contribution in [3.63, 3.8) is 0 Å². The van der Waals surface area contributed by atoms with Gasteiger partial charge >= 0.3 is 0 Å². The number of thiocarbonyl (C=S) groups is 1. The number of carbonyl (C=O) groups is 1. The van der Waals surface area contributed by atoms with Gasteiger partial charge in [-0.2, -0.15) is 0 Å². The summed E-state index contributed by atoms with van der Waals surface area (Å²) in [5, 5.41) is 3.19. The van der Waals surface area contributed by atoms with Crippen LogP contribution in [-0.4, -0.2) is 16.4 Å². The van der Waals surface area contributed by atoms with Crippen LogP contribution in [0.4, 0.5) is 0 Å². The SMILES string of the molecule is CC1(NC(=O)C(Cc2ccccc2)C(N)=S)CCCCC1. The maximum absolute atomic E-state index is 12.6. The topological polar surface area (TPSA) is 55.1 Å². The van der Waals surface area contributed by atoms with Crippen LogP contribution in [0.1, 0.15) is 44.6 Å². The van der Waals surface area contributed by atoms with Crippen molar-refractivity contribution in [1.82, 2.24) is 5.32 Å². The van der Waals surface area contributed by atoms with Crippen molar-refractivity contribution in [2.24, 2.45) is 11.7 Å². The molecular formula is C17H24N2OS. The first-order chi connectivity index (χ1) is 10.0. The molecule has 1 aromatic carbocycles. The first kappa shape index (κ1) is 16.0. The number of benzene rings is 1. The van der Waals surface area contributed by atoms with Crippen LogP contribution in [-0.2, 0) is 11.2 Å². The van der Waals surface area contributed by atoms with Crippen LogP contribution in [0.15, 0.2) is 30.3 Å². The van der Waals surface area contributed by atoms with Gasteiger partial charge in [-0.15, -0.1) is 0 Å². The van der Waals surface area contributed by atoms with Gasteiger partial charge in [0.1, 0.15) is 0 Å². The van der Waals surface area contributed by atoms with Crippen LogP contribution >= 0.6 is 12.2 Å². The van der Waals surface area contributed by atoms with Crippen molar-refractivity contribution < 1.29 is 4.79 Å². The van der Waals surface area contributed by atoms with Crippen molar-refractivity contribution in [1.29, 1.82) is 0 Å². The van der Waals surface area contributed by atoms with Gasteiger partial charge in [-0.25, -0.2) is 0 Å². The van der Waals surface area contributed by atoms with E-state index < -0.39 is 5.92 Å². The lowest BCUT2D eigenvalue weighted by atomic mass is 9.82. The van der Waals surface area contributed by atoms with E-state index >= 15 is 0 Å². The zero-order valence-corrected chi connectivity index (χ0v) is 13.4. The number of hydrogen-bond acceptors (Lipinski definition) is 2. The van der Waals surface area contributed by atoms with Gasteiger partial charge in [0.05, 0.1) is 10.9 Å². The Morgan fingerprint density at radius 1 is 1.29 bits per heavy atom. The average Bonchev–Trinajstić information content (AvgIpc) is 2.45. The molecule has 0 bridgehead atoms. The Kier molecular flexibility index (Phi) is 5.34. The summed E-state index contributed by atoms with van der Waals surface area (Å²) in [7, 11) is 0. The molecule has 1 fully saturated rings. The number of nitrogens with two attached hydrogens (primary N) is 1. The Labute approximate surface area is 132 Å². The maximum Gasteiger partial charge on any atom is 0.230 e. The second-order valence-corrected chi connectivity index (χ2v) is 6.73. The third-order valence-electron chi connectivity index (χ3n) is 4.32. The molecule has 1 saturated carbocycles. The lowest BCUT2D eigenvalue weighted by Crippen LogP contribution is -2.51. The lowest BCUT2D eigenvalue weighted by molar-refractivity contribution is -0.125. The third kappa shape index (κ3) is 4.53. The lowest BCUT2D eigenvalue weighted by Gasteiger charge is -2.35. The summed E-state index contributed by atoms with van der Waals surface area (Å²) >= 11 is 5.11. The van der Waals surface area contributed by atoms with Gasteiger partial charge in [-0.3, -0.25) is 4.79 Å². The molecule has 0 aromatic heterocycles. The highest BCUT2D eigenvalue weighted by molar-refractivity contribution is 7.80. The Balaban J connectivity index is 2.04. The van der Waals surface area contributed by atoms with Crippen LogP contribution in [0.5, 0.6) is 0 Å². The molecule has 1 aliphatic rings. The van der Waals surface area contributed by atoms with Crippen molar-refractivity contribution in [3.8, 4) is 0 Å². The van der Waals surface area contributed by atoms with Gasteiger partial charge < -0.3 is 11.1 Å². The fraction of sp³-hybridized carbons (Fsp3) is 0.529. The van der Waals surface area contributed by atoms with Crippen LogP contribution in [0.2, 0.25) is 0 Å². The molecule has 1 aliphatic carbocycles. The predicted octanol–water partition coefficient (Wildman–Crippen LogP) is 2.97. The molecule has 3 N–H and O–H groups in total. The van der Waals surface area contributed by atoms with E-state index in [1.54, 1.807) is 0 Å². The first-order valence-electron chi connectivity index (χ1n) is 7.65. The molecule has 114 valence electrons. The Bertz CT molecular complexity index is 495. The van der Waals surface area contributed by atoms with Crippen LogP contribution < -0.4 is 11.1 Å². The zero-order valence-electron chi connectivity index (χ0n) is 12.6. The number of amides is 1. The van der Waals surface area contributed by atoms with Gasteiger partial charge in [0, 0.05) is 5.54 Å². The van der Waals surface area contributed by atoms with E-state index in [0.717, 1.165) is 18.4 Å². The number of carbonyl (C=O) groups excluding carboxylic acids is 1. The van der Waals surface area contributed by atoms with E-state index in [-0.39, 0.29) is 16.4 Å². The van der Waals surface area contributed by atoms with Crippen molar-refractivity contribution in [2.75, 3.05) is 0 Å². The highest BCUT2D eigenvalue weighted by atomic mass is 32.1. The van der Waals surface area contributed by atoms with E-state index in [9.17, 15) is 4.79 Å². The smallest absolute Gasteiger partial charge is 0.230 e. The summed E-state index contributed by atoms with van der Waals surface area (Å²) in [6, 6.07) is 9.89. The van der Waals surface area contributed by atoms with Gasteiger partial charge in [0.25, 0.3) is 0 Å². The largest absolute Gasteiger partial charge is 0.393 e. The minimum atomic E-state index is -0.429. The third-order valence-corrected chi connectivity index (χ3v) is 4.61. The van der Waals surface area contributed by atoms with E-state index in [1.165, 1.54) is 19.3 Å². The molecule has 0 saturated heterocycles. The summed E-state index contributed by atoms with van der Waals surface area (Å²) in [4.78, 5) is 12.9. The van der Waals surface area contributed by atoms with Crippen molar-refractivity contribution in [2.45, 2.75) is 51.0 Å². The highest BCUT2D eigenvalue weighted by Gasteiger charge is 2.32. The second kappa shape index (κ2) is 7.03. The van der Waals surface area contributed by atoms with E-state index in [2.05, 4.69) is 12.2 Å². The normalized spacial score (nSPS) is 18.7. The molecule has 0 heterocycles. The Morgan fingerprint density at radius 2 is 1.90 bits per heavy atom. The van der Waals surface area contributed by atoms with E-state index in [4.69, 9.17) is 18.0 Å². The summed E-state index contributed by atoms with van der Waals surface area (Å²) in [6.45, 7) is 2.13. The quantitative estimate of drug-likeness (QED) is 0.822. The number of rotatable bonds is 5. The van der Waals surface area contributed by atoms with Crippen LogP contribution in [0, 0.1) is 5.92 Å². The molecule has 2 rings (SSSR count). The molecule has 1 aromatic rings. The minimum Gasteiger partial charge on any atom is -0.393 e. The molecule has 0 spiro atoms. The first-order valence-corrected chi connectivity index (χ1v) is 8.06. The molecule has 1 amide bonds. The van der Waals surface area contributed by atoms with Crippen LogP contribution in [0.3, 0.4) is 0 Å². The van der Waals surface area contributed by atoms with Gasteiger partial charge in [0.2, 0.25) is 5.91 Å². The molecule has 3 nitrogen and oxygen atoms in total. The van der Waals surface area contributed by atoms with Crippen molar-refractivity contribution >= 4 is 23.1 Å². The Morgan fingerprint density at radius 3 is 2.48 bits per heavy atom. The monoisotopic (exact) mass is 304 g/mol. The molecular weight excluding hydrogens is 280 g/mol. The standard InChI is InChI=1S/C17H24N2OS/c1-17(10-6-3-7-11-17)19-16(20)14(15(18)21)12-13-8-4-2-5-9-13/h2,4-5,8-9,14H,3,6-7,10-12H2,1H3,(H2,18,21)(H,19,20). The summed E-state index contributed by atoms with van der Waals surface area (Å²) in [6.07, 6.45) is 6.24. The molecule has 4 heteroatoms. The van der Waals surface area contributed by atoms with Crippen molar-refractivity contribution in [3.05, 3.63) is 35.9 Å². The van der Waals surface area contributed by atoms with E-state index in [0.29, 0.717) is 6.42 Å². The maximum atomic E-state index is 12.6. The molecule has 21 heavy (non-hydrogen) atoms. The fourth-order valence-corrected chi connectivity index (χ4v) is 3.20. The number of hydrogen-bond donors (Lipinski definition) is 2. The molecule has 0 radical (unpaired) electrons. The number of nitrogens with one attached hydrogen (secondary N) is 1. The minimum absolute atomic E-state index is 0.0317. The second-order valence-electron chi connectivity index (χ2n) is 6.26. The van der Waals surface area contributed by atoms with Gasteiger partial charge in [-0.05, 0) is 31.7 Å².